The van der Waals surface area contributed by atoms with Crippen LogP contribution in [-0.4, -0.2) is 12.5 Å². The molecule has 0 aliphatic carbocycles. The minimum absolute atomic E-state index is 0. The lowest BCUT2D eigenvalue weighted by Gasteiger charge is -2.13. The van der Waals surface area contributed by atoms with Gasteiger partial charge in [0.15, 0.2) is 0 Å². The maximum Gasteiger partial charge on any atom is 0.220 e. The normalized spacial score (nSPS) is 11.4. The first-order valence-electron chi connectivity index (χ1n) is 6.34. The van der Waals surface area contributed by atoms with Gasteiger partial charge < -0.3 is 11.1 Å². The Morgan fingerprint density at radius 3 is 2.65 bits per heavy atom. The van der Waals surface area contributed by atoms with Crippen LogP contribution in [0, 0.1) is 0 Å². The average molecular weight is 311 g/mol. The highest BCUT2D eigenvalue weighted by molar-refractivity contribution is 7.07. The smallest absolute Gasteiger partial charge is 0.220 e. The second-order valence-electron chi connectivity index (χ2n) is 4.45. The highest BCUT2D eigenvalue weighted by Crippen LogP contribution is 2.09. The van der Waals surface area contributed by atoms with Crippen LogP contribution < -0.4 is 11.1 Å². The molecule has 1 aromatic carbocycles. The molecule has 3 N–H and O–H groups in total. The number of benzene rings is 1. The zero-order valence-electron chi connectivity index (χ0n) is 11.1. The predicted molar refractivity (Wildman–Crippen MR) is 86.3 cm³/mol. The molecule has 0 aliphatic rings. The fourth-order valence-electron chi connectivity index (χ4n) is 1.82. The van der Waals surface area contributed by atoms with E-state index in [1.54, 1.807) is 11.3 Å². The number of amides is 1. The van der Waals surface area contributed by atoms with Gasteiger partial charge >= 0.3 is 0 Å². The predicted octanol–water partition coefficient (Wildman–Crippen LogP) is 2.92. The number of nitrogens with two attached hydrogens (primary N) is 1. The number of carbonyl (C=O) groups excluding carboxylic acids is 1. The van der Waals surface area contributed by atoms with Gasteiger partial charge in [-0.1, -0.05) is 30.3 Å². The number of hydrogen-bond acceptors (Lipinski definition) is 3. The molecule has 0 aliphatic heterocycles. The molecule has 0 spiro atoms. The number of nitrogens with one attached hydrogen (secondary N) is 1. The van der Waals surface area contributed by atoms with Crippen molar-refractivity contribution < 1.29 is 4.79 Å². The van der Waals surface area contributed by atoms with Gasteiger partial charge in [-0.15, -0.1) is 12.4 Å². The van der Waals surface area contributed by atoms with Crippen LogP contribution in [0.1, 0.15) is 23.6 Å². The molecule has 0 fully saturated rings. The van der Waals surface area contributed by atoms with Gasteiger partial charge in [0, 0.05) is 19.0 Å². The molecule has 0 radical (unpaired) electrons. The summed E-state index contributed by atoms with van der Waals surface area (Å²) in [6.45, 7) is 0.479. The summed E-state index contributed by atoms with van der Waals surface area (Å²) in [6, 6.07) is 11.7. The maximum atomic E-state index is 11.7. The van der Waals surface area contributed by atoms with Crippen molar-refractivity contribution >= 4 is 29.7 Å². The first-order valence-corrected chi connectivity index (χ1v) is 7.28. The third-order valence-electron chi connectivity index (χ3n) is 2.97. The Labute approximate surface area is 129 Å². The van der Waals surface area contributed by atoms with E-state index in [-0.39, 0.29) is 24.4 Å². The van der Waals surface area contributed by atoms with E-state index in [1.165, 1.54) is 5.56 Å². The van der Waals surface area contributed by atoms with Crippen molar-refractivity contribution in [1.82, 2.24) is 5.32 Å². The fourth-order valence-corrected chi connectivity index (χ4v) is 2.53. The van der Waals surface area contributed by atoms with Crippen LogP contribution in [0.4, 0.5) is 0 Å². The molecule has 1 aromatic heterocycles. The lowest BCUT2D eigenvalue weighted by Crippen LogP contribution is -2.31. The van der Waals surface area contributed by atoms with Crippen LogP contribution in [0.15, 0.2) is 47.2 Å². The molecule has 5 heteroatoms. The number of aryl methyl sites for hydroxylation is 1. The van der Waals surface area contributed by atoms with E-state index < -0.39 is 0 Å². The second kappa shape index (κ2) is 8.74. The van der Waals surface area contributed by atoms with Gasteiger partial charge in [-0.25, -0.2) is 0 Å². The Morgan fingerprint density at radius 1 is 1.25 bits per heavy atom. The number of halogens is 1. The van der Waals surface area contributed by atoms with Crippen LogP contribution in [-0.2, 0) is 11.2 Å². The van der Waals surface area contributed by atoms with E-state index in [0.717, 1.165) is 12.0 Å². The molecule has 2 aromatic rings. The van der Waals surface area contributed by atoms with Crippen LogP contribution in [0.3, 0.4) is 0 Å². The summed E-state index contributed by atoms with van der Waals surface area (Å²) in [5.74, 6) is 0.0533. The summed E-state index contributed by atoms with van der Waals surface area (Å²) in [7, 11) is 0. The third kappa shape index (κ3) is 5.33. The number of thiophene rings is 1. The van der Waals surface area contributed by atoms with E-state index in [4.69, 9.17) is 5.73 Å². The summed E-state index contributed by atoms with van der Waals surface area (Å²) in [5, 5.41) is 6.98. The molecular formula is C15H19ClN2OS. The summed E-state index contributed by atoms with van der Waals surface area (Å²) in [5.41, 5.74) is 8.28. The molecule has 108 valence electrons. The molecule has 1 unspecified atom stereocenters. The summed E-state index contributed by atoms with van der Waals surface area (Å²) >= 11 is 1.66. The molecule has 1 atom stereocenters. The number of rotatable bonds is 6. The van der Waals surface area contributed by atoms with Gasteiger partial charge in [-0.2, -0.15) is 11.3 Å². The van der Waals surface area contributed by atoms with Crippen molar-refractivity contribution in [2.45, 2.75) is 18.9 Å². The highest BCUT2D eigenvalue weighted by atomic mass is 35.5. The first kappa shape index (κ1) is 16.7. The van der Waals surface area contributed by atoms with E-state index in [0.29, 0.717) is 13.0 Å². The molecule has 0 saturated carbocycles. The van der Waals surface area contributed by atoms with Crippen LogP contribution in [0.5, 0.6) is 0 Å². The van der Waals surface area contributed by atoms with Crippen molar-refractivity contribution in [2.24, 2.45) is 5.73 Å². The van der Waals surface area contributed by atoms with Gasteiger partial charge in [0.1, 0.15) is 0 Å². The second-order valence-corrected chi connectivity index (χ2v) is 5.23. The van der Waals surface area contributed by atoms with Gasteiger partial charge in [0.25, 0.3) is 0 Å². The molecule has 0 bridgehead atoms. The number of carbonyl (C=O) groups is 1. The Hall–Kier alpha value is -1.36. The molecule has 1 heterocycles. The summed E-state index contributed by atoms with van der Waals surface area (Å²) in [6.07, 6.45) is 1.30. The molecule has 1 amide bonds. The quantitative estimate of drug-likeness (QED) is 0.862. The average Bonchev–Trinajstić information content (AvgIpc) is 2.96. The molecule has 2 rings (SSSR count). The molecular weight excluding hydrogens is 292 g/mol. The van der Waals surface area contributed by atoms with Crippen molar-refractivity contribution in [3.05, 3.63) is 58.3 Å². The van der Waals surface area contributed by atoms with Crippen LogP contribution >= 0.6 is 23.7 Å². The van der Waals surface area contributed by atoms with E-state index in [2.05, 4.69) is 10.7 Å². The lowest BCUT2D eigenvalue weighted by atomic mass is 10.1. The van der Waals surface area contributed by atoms with Crippen molar-refractivity contribution in [2.75, 3.05) is 6.54 Å². The molecule has 3 nitrogen and oxygen atoms in total. The maximum absolute atomic E-state index is 11.7. The minimum Gasteiger partial charge on any atom is -0.354 e. The van der Waals surface area contributed by atoms with Crippen LogP contribution in [0.25, 0.3) is 0 Å². The Morgan fingerprint density at radius 2 is 2.00 bits per heavy atom. The molecule has 20 heavy (non-hydrogen) atoms. The Balaban J connectivity index is 0.00000200. The van der Waals surface area contributed by atoms with Crippen molar-refractivity contribution in [3.63, 3.8) is 0 Å². The van der Waals surface area contributed by atoms with Crippen molar-refractivity contribution in [3.8, 4) is 0 Å². The summed E-state index contributed by atoms with van der Waals surface area (Å²) < 4.78 is 0. The third-order valence-corrected chi connectivity index (χ3v) is 3.70. The van der Waals surface area contributed by atoms with Gasteiger partial charge in [0.05, 0.1) is 0 Å². The largest absolute Gasteiger partial charge is 0.354 e. The van der Waals surface area contributed by atoms with E-state index >= 15 is 0 Å². The highest BCUT2D eigenvalue weighted by Gasteiger charge is 2.07. The monoisotopic (exact) mass is 310 g/mol. The zero-order chi connectivity index (χ0) is 13.5. The van der Waals surface area contributed by atoms with E-state index in [9.17, 15) is 4.79 Å². The molecule has 0 saturated heterocycles. The minimum atomic E-state index is -0.147. The Bertz CT molecular complexity index is 502. The SMILES string of the molecule is Cl.NC(CNC(=O)CCc1ccsc1)c1ccccc1. The Kier molecular flexibility index (Phi) is 7.30. The van der Waals surface area contributed by atoms with Crippen LogP contribution in [0.2, 0.25) is 0 Å². The summed E-state index contributed by atoms with van der Waals surface area (Å²) in [4.78, 5) is 11.7. The van der Waals surface area contributed by atoms with Gasteiger partial charge in [-0.05, 0) is 34.4 Å². The fraction of sp³-hybridized carbons (Fsp3) is 0.267. The zero-order valence-corrected chi connectivity index (χ0v) is 12.8. The topological polar surface area (TPSA) is 55.1 Å². The number of hydrogen-bond donors (Lipinski definition) is 2. The van der Waals surface area contributed by atoms with Gasteiger partial charge in [0.2, 0.25) is 5.91 Å². The lowest BCUT2D eigenvalue weighted by molar-refractivity contribution is -0.121. The standard InChI is InChI=1S/C15H18N2OS.ClH/c16-14(13-4-2-1-3-5-13)10-17-15(18)7-6-12-8-9-19-11-12;/h1-5,8-9,11,14H,6-7,10,16H2,(H,17,18);1H. The van der Waals surface area contributed by atoms with Gasteiger partial charge in [-0.3, -0.25) is 4.79 Å². The van der Waals surface area contributed by atoms with Crippen molar-refractivity contribution in [1.29, 1.82) is 0 Å². The first-order chi connectivity index (χ1) is 9.25. The van der Waals surface area contributed by atoms with E-state index in [1.807, 2.05) is 41.8 Å².